The molecule has 0 saturated carbocycles. The summed E-state index contributed by atoms with van der Waals surface area (Å²) < 4.78 is 27.8. The van der Waals surface area contributed by atoms with Gasteiger partial charge in [0, 0.05) is 0 Å². The number of hydrogen-bond acceptors (Lipinski definition) is 4. The molecule has 3 aromatic rings. The Labute approximate surface area is 161 Å². The molecule has 6 heteroatoms. The monoisotopic (exact) mass is 383 g/mol. The highest BCUT2D eigenvalue weighted by atomic mass is 32.2. The van der Waals surface area contributed by atoms with Crippen LogP contribution in [0.15, 0.2) is 52.4 Å². The molecule has 0 aliphatic rings. The second-order valence-corrected chi connectivity index (χ2v) is 9.82. The Bertz CT molecular complexity index is 1090. The molecular formula is C21H25N3O2S. The molecule has 0 fully saturated rings. The van der Waals surface area contributed by atoms with E-state index in [1.54, 1.807) is 23.7 Å². The van der Waals surface area contributed by atoms with Gasteiger partial charge in [0.2, 0.25) is 14.9 Å². The molecule has 1 heterocycles. The van der Waals surface area contributed by atoms with Crippen molar-refractivity contribution in [3.8, 4) is 5.69 Å². The Morgan fingerprint density at radius 2 is 1.56 bits per heavy atom. The molecule has 0 radical (unpaired) electrons. The quantitative estimate of drug-likeness (QED) is 0.675. The van der Waals surface area contributed by atoms with E-state index in [0.717, 1.165) is 22.4 Å². The van der Waals surface area contributed by atoms with Gasteiger partial charge in [-0.15, -0.1) is 5.10 Å². The zero-order chi connectivity index (χ0) is 20.0. The van der Waals surface area contributed by atoms with Crippen LogP contribution < -0.4 is 0 Å². The van der Waals surface area contributed by atoms with Crippen molar-refractivity contribution >= 4 is 9.84 Å². The number of hydrogen-bond donors (Lipinski definition) is 0. The average Bonchev–Trinajstić information content (AvgIpc) is 2.98. The molecule has 3 rings (SSSR count). The number of nitrogens with zero attached hydrogens (tertiary/aromatic N) is 3. The lowest BCUT2D eigenvalue weighted by molar-refractivity contribution is 0.584. The highest BCUT2D eigenvalue weighted by Gasteiger charge is 2.26. The molecule has 0 amide bonds. The van der Waals surface area contributed by atoms with Crippen molar-refractivity contribution in [1.29, 1.82) is 0 Å². The lowest BCUT2D eigenvalue weighted by atomic mass is 9.87. The van der Waals surface area contributed by atoms with E-state index in [1.165, 1.54) is 0 Å². The zero-order valence-corrected chi connectivity index (χ0v) is 17.4. The van der Waals surface area contributed by atoms with Crippen LogP contribution in [0.1, 0.15) is 43.2 Å². The maximum Gasteiger partial charge on any atom is 0.227 e. The van der Waals surface area contributed by atoms with Crippen LogP contribution in [0.3, 0.4) is 0 Å². The molecule has 0 bridgehead atoms. The molecule has 5 nitrogen and oxygen atoms in total. The first-order valence-corrected chi connectivity index (χ1v) is 10.4. The van der Waals surface area contributed by atoms with E-state index in [4.69, 9.17) is 0 Å². The zero-order valence-electron chi connectivity index (χ0n) is 16.6. The van der Waals surface area contributed by atoms with E-state index < -0.39 is 9.84 Å². The highest BCUT2D eigenvalue weighted by molar-refractivity contribution is 7.91. The van der Waals surface area contributed by atoms with Gasteiger partial charge in [0.15, 0.2) is 0 Å². The molecule has 1 aromatic heterocycles. The largest absolute Gasteiger partial charge is 0.227 e. The van der Waals surface area contributed by atoms with Crippen molar-refractivity contribution < 1.29 is 8.42 Å². The second kappa shape index (κ2) is 6.60. The third-order valence-electron chi connectivity index (χ3n) is 4.73. The van der Waals surface area contributed by atoms with Crippen LogP contribution in [0.2, 0.25) is 0 Å². The van der Waals surface area contributed by atoms with E-state index in [9.17, 15) is 8.42 Å². The van der Waals surface area contributed by atoms with Gasteiger partial charge in [-0.1, -0.05) is 50.3 Å². The number of sulfone groups is 1. The summed E-state index contributed by atoms with van der Waals surface area (Å²) in [6, 6.07) is 13.0. The fourth-order valence-electron chi connectivity index (χ4n) is 2.99. The summed E-state index contributed by atoms with van der Waals surface area (Å²) in [5, 5.41) is 8.12. The van der Waals surface area contributed by atoms with Gasteiger partial charge in [-0.25, -0.2) is 13.1 Å². The molecule has 0 N–H and O–H groups in total. The standard InChI is InChI=1S/C21H25N3O2S/c1-14-7-8-15(2)19(13-14)24-16(3)20(22-23-24)27(25,26)18-11-9-17(10-12-18)21(4,5)6/h7-13H,1-6H3. The van der Waals surface area contributed by atoms with Crippen molar-refractivity contribution in [2.75, 3.05) is 0 Å². The predicted octanol–water partition coefficient (Wildman–Crippen LogP) is 4.32. The SMILES string of the molecule is Cc1ccc(C)c(-n2nnc(S(=O)(=O)c3ccc(C(C)(C)C)cc3)c2C)c1. The van der Waals surface area contributed by atoms with Crippen molar-refractivity contribution in [3.05, 3.63) is 64.8 Å². The Kier molecular flexibility index (Phi) is 4.72. The number of benzene rings is 2. The van der Waals surface area contributed by atoms with Gasteiger partial charge < -0.3 is 0 Å². The number of aryl methyl sites for hydroxylation is 2. The molecule has 27 heavy (non-hydrogen) atoms. The summed E-state index contributed by atoms with van der Waals surface area (Å²) in [5.74, 6) is 0. The van der Waals surface area contributed by atoms with Gasteiger partial charge in [0.05, 0.1) is 16.3 Å². The first-order valence-electron chi connectivity index (χ1n) is 8.87. The molecule has 0 saturated heterocycles. The van der Waals surface area contributed by atoms with Crippen LogP contribution in [0, 0.1) is 20.8 Å². The fourth-order valence-corrected chi connectivity index (χ4v) is 4.32. The van der Waals surface area contributed by atoms with Crippen LogP contribution in [-0.2, 0) is 15.3 Å². The van der Waals surface area contributed by atoms with E-state index in [1.807, 2.05) is 44.2 Å². The van der Waals surface area contributed by atoms with Gasteiger partial charge >= 0.3 is 0 Å². The number of aromatic nitrogens is 3. The summed E-state index contributed by atoms with van der Waals surface area (Å²) in [5.41, 5.74) is 4.47. The molecule has 0 aliphatic carbocycles. The minimum absolute atomic E-state index is 0.00749. The van der Waals surface area contributed by atoms with Crippen molar-refractivity contribution in [3.63, 3.8) is 0 Å². The van der Waals surface area contributed by atoms with E-state index in [-0.39, 0.29) is 15.3 Å². The van der Waals surface area contributed by atoms with Crippen molar-refractivity contribution in [1.82, 2.24) is 15.0 Å². The topological polar surface area (TPSA) is 64.8 Å². The van der Waals surface area contributed by atoms with Gasteiger partial charge in [-0.3, -0.25) is 0 Å². The summed E-state index contributed by atoms with van der Waals surface area (Å²) in [6.45, 7) is 12.0. The summed E-state index contributed by atoms with van der Waals surface area (Å²) in [7, 11) is -3.74. The Morgan fingerprint density at radius 1 is 0.926 bits per heavy atom. The van der Waals surface area contributed by atoms with E-state index in [0.29, 0.717) is 5.69 Å². The minimum atomic E-state index is -3.74. The van der Waals surface area contributed by atoms with Gasteiger partial charge in [0.1, 0.15) is 0 Å². The summed E-state index contributed by atoms with van der Waals surface area (Å²) in [6.07, 6.45) is 0. The maximum atomic E-state index is 13.1. The number of rotatable bonds is 3. The smallest absolute Gasteiger partial charge is 0.217 e. The molecule has 2 aromatic carbocycles. The lowest BCUT2D eigenvalue weighted by Gasteiger charge is -2.19. The van der Waals surface area contributed by atoms with Crippen LogP contribution in [0.4, 0.5) is 0 Å². The third-order valence-corrected chi connectivity index (χ3v) is 6.51. The molecule has 0 aliphatic heterocycles. The second-order valence-electron chi connectivity index (χ2n) is 7.96. The van der Waals surface area contributed by atoms with Crippen LogP contribution in [-0.4, -0.2) is 23.4 Å². The summed E-state index contributed by atoms with van der Waals surface area (Å²) >= 11 is 0. The molecule has 0 atom stereocenters. The Morgan fingerprint density at radius 3 is 2.15 bits per heavy atom. The van der Waals surface area contributed by atoms with Crippen molar-refractivity contribution in [2.45, 2.75) is 56.9 Å². The lowest BCUT2D eigenvalue weighted by Crippen LogP contribution is -2.12. The van der Waals surface area contributed by atoms with Crippen LogP contribution >= 0.6 is 0 Å². The average molecular weight is 384 g/mol. The molecular weight excluding hydrogens is 358 g/mol. The highest BCUT2D eigenvalue weighted by Crippen LogP contribution is 2.27. The van der Waals surface area contributed by atoms with E-state index in [2.05, 4.69) is 31.1 Å². The Hall–Kier alpha value is -2.47. The van der Waals surface area contributed by atoms with E-state index >= 15 is 0 Å². The van der Waals surface area contributed by atoms with Gasteiger partial charge in [0.25, 0.3) is 0 Å². The van der Waals surface area contributed by atoms with Crippen molar-refractivity contribution in [2.24, 2.45) is 0 Å². The normalized spacial score (nSPS) is 12.4. The minimum Gasteiger partial charge on any atom is -0.217 e. The third kappa shape index (κ3) is 3.54. The first-order chi connectivity index (χ1) is 12.5. The predicted molar refractivity (Wildman–Crippen MR) is 106 cm³/mol. The fraction of sp³-hybridized carbons (Fsp3) is 0.333. The molecule has 0 spiro atoms. The van der Waals surface area contributed by atoms with Gasteiger partial charge in [-0.2, -0.15) is 0 Å². The van der Waals surface area contributed by atoms with Crippen LogP contribution in [0.25, 0.3) is 5.69 Å². The maximum absolute atomic E-state index is 13.1. The Balaban J connectivity index is 2.06. The molecule has 0 unspecified atom stereocenters. The molecule has 142 valence electrons. The first kappa shape index (κ1) is 19.3. The summed E-state index contributed by atoms with van der Waals surface area (Å²) in [4.78, 5) is 0.228. The van der Waals surface area contributed by atoms with Crippen LogP contribution in [0.5, 0.6) is 0 Å². The van der Waals surface area contributed by atoms with Gasteiger partial charge in [-0.05, 0) is 61.1 Å².